The van der Waals surface area contributed by atoms with Crippen molar-refractivity contribution >= 4 is 16.7 Å². The molecule has 0 aliphatic heterocycles. The number of hydrogen-bond donors (Lipinski definition) is 1. The fourth-order valence-corrected chi connectivity index (χ4v) is 2.91. The molecule has 3 nitrogen and oxygen atoms in total. The van der Waals surface area contributed by atoms with Crippen molar-refractivity contribution in [2.75, 3.05) is 5.73 Å². The molecule has 2 aromatic rings. The van der Waals surface area contributed by atoms with Crippen molar-refractivity contribution in [1.82, 2.24) is 9.55 Å². The van der Waals surface area contributed by atoms with Crippen LogP contribution in [0.3, 0.4) is 0 Å². The van der Waals surface area contributed by atoms with Gasteiger partial charge in [0.1, 0.15) is 5.82 Å². The van der Waals surface area contributed by atoms with Gasteiger partial charge in [0.05, 0.1) is 11.0 Å². The molecule has 1 unspecified atom stereocenters. The Morgan fingerprint density at radius 3 is 2.68 bits per heavy atom. The lowest BCUT2D eigenvalue weighted by atomic mass is 10.1. The Kier molecular flexibility index (Phi) is 2.63. The van der Waals surface area contributed by atoms with E-state index in [9.17, 15) is 0 Å². The second-order valence-corrected chi connectivity index (χ2v) is 6.87. The van der Waals surface area contributed by atoms with Crippen LogP contribution in [-0.2, 0) is 6.54 Å². The smallest absolute Gasteiger partial charge is 0.112 e. The summed E-state index contributed by atoms with van der Waals surface area (Å²) in [5.41, 5.74) is 9.41. The molecular weight excluding hydrogens is 234 g/mol. The van der Waals surface area contributed by atoms with Crippen molar-refractivity contribution in [3.05, 3.63) is 24.0 Å². The molecule has 1 atom stereocenters. The summed E-state index contributed by atoms with van der Waals surface area (Å²) < 4.78 is 2.40. The molecule has 1 fully saturated rings. The van der Waals surface area contributed by atoms with E-state index < -0.39 is 0 Å². The van der Waals surface area contributed by atoms with E-state index in [1.54, 1.807) is 0 Å². The number of fused-ring (bicyclic) bond motifs is 1. The quantitative estimate of drug-likeness (QED) is 0.850. The molecule has 1 saturated carbocycles. The summed E-state index contributed by atoms with van der Waals surface area (Å²) in [6.07, 6.45) is 1.32. The highest BCUT2D eigenvalue weighted by atomic mass is 15.1. The molecule has 1 aliphatic rings. The monoisotopic (exact) mass is 257 g/mol. The molecular formula is C16H23N3. The Morgan fingerprint density at radius 1 is 1.42 bits per heavy atom. The summed E-state index contributed by atoms with van der Waals surface area (Å²) >= 11 is 0. The predicted octanol–water partition coefficient (Wildman–Crippen LogP) is 3.79. The first-order valence-corrected chi connectivity index (χ1v) is 7.14. The maximum atomic E-state index is 5.87. The van der Waals surface area contributed by atoms with Crippen LogP contribution in [0, 0.1) is 11.3 Å². The van der Waals surface area contributed by atoms with Crippen LogP contribution in [0.15, 0.2) is 18.2 Å². The third-order valence-corrected chi connectivity index (χ3v) is 4.44. The Labute approximate surface area is 114 Å². The average molecular weight is 257 g/mol. The molecule has 19 heavy (non-hydrogen) atoms. The van der Waals surface area contributed by atoms with Gasteiger partial charge in [-0.05, 0) is 36.0 Å². The Bertz CT molecular complexity index is 622. The number of nitrogens with two attached hydrogens (primary N) is 1. The Hall–Kier alpha value is -1.51. The van der Waals surface area contributed by atoms with Gasteiger partial charge in [0.25, 0.3) is 0 Å². The van der Waals surface area contributed by atoms with Gasteiger partial charge in [-0.25, -0.2) is 4.98 Å². The largest absolute Gasteiger partial charge is 0.399 e. The molecule has 1 aromatic heterocycles. The molecule has 3 heteroatoms. The highest BCUT2D eigenvalue weighted by molar-refractivity contribution is 5.79. The zero-order valence-electron chi connectivity index (χ0n) is 12.3. The number of nitrogens with zero attached hydrogens (tertiary/aromatic N) is 2. The lowest BCUT2D eigenvalue weighted by Gasteiger charge is -2.12. The van der Waals surface area contributed by atoms with Crippen molar-refractivity contribution in [3.8, 4) is 0 Å². The van der Waals surface area contributed by atoms with E-state index in [4.69, 9.17) is 10.7 Å². The minimum atomic E-state index is 0.440. The van der Waals surface area contributed by atoms with Gasteiger partial charge in [-0.15, -0.1) is 0 Å². The second-order valence-electron chi connectivity index (χ2n) is 6.87. The predicted molar refractivity (Wildman–Crippen MR) is 80.1 cm³/mol. The second kappa shape index (κ2) is 3.99. The molecule has 0 radical (unpaired) electrons. The SMILES string of the molecule is CC(C)c1nc2cc(N)ccc2n1CC1CC1(C)C. The van der Waals surface area contributed by atoms with Gasteiger partial charge in [-0.1, -0.05) is 27.7 Å². The van der Waals surface area contributed by atoms with Crippen LogP contribution in [0.25, 0.3) is 11.0 Å². The Morgan fingerprint density at radius 2 is 2.11 bits per heavy atom. The number of rotatable bonds is 3. The highest BCUT2D eigenvalue weighted by Crippen LogP contribution is 2.52. The summed E-state index contributed by atoms with van der Waals surface area (Å²) in [6, 6.07) is 6.07. The Balaban J connectivity index is 2.07. The van der Waals surface area contributed by atoms with E-state index in [2.05, 4.69) is 38.3 Å². The third kappa shape index (κ3) is 2.11. The number of imidazole rings is 1. The first-order chi connectivity index (χ1) is 8.88. The number of benzene rings is 1. The van der Waals surface area contributed by atoms with Gasteiger partial charge in [-0.3, -0.25) is 0 Å². The zero-order chi connectivity index (χ0) is 13.8. The van der Waals surface area contributed by atoms with Crippen molar-refractivity contribution in [2.45, 2.75) is 46.6 Å². The van der Waals surface area contributed by atoms with E-state index in [-0.39, 0.29) is 0 Å². The minimum absolute atomic E-state index is 0.440. The standard InChI is InChI=1S/C16H23N3/c1-10(2)15-18-13-7-12(17)5-6-14(13)19(15)9-11-8-16(11,3)4/h5-7,10-11H,8-9,17H2,1-4H3. The zero-order valence-corrected chi connectivity index (χ0v) is 12.3. The maximum absolute atomic E-state index is 5.87. The minimum Gasteiger partial charge on any atom is -0.399 e. The van der Waals surface area contributed by atoms with Crippen LogP contribution < -0.4 is 5.73 Å². The number of aromatic nitrogens is 2. The molecule has 102 valence electrons. The van der Waals surface area contributed by atoms with Crippen LogP contribution in [0.5, 0.6) is 0 Å². The first kappa shape index (κ1) is 12.5. The third-order valence-electron chi connectivity index (χ3n) is 4.44. The van der Waals surface area contributed by atoms with Crippen LogP contribution >= 0.6 is 0 Å². The molecule has 1 heterocycles. The summed E-state index contributed by atoms with van der Waals surface area (Å²) in [4.78, 5) is 4.78. The fourth-order valence-electron chi connectivity index (χ4n) is 2.91. The van der Waals surface area contributed by atoms with E-state index >= 15 is 0 Å². The normalized spacial score (nSPS) is 21.2. The number of anilines is 1. The summed E-state index contributed by atoms with van der Waals surface area (Å²) in [7, 11) is 0. The van der Waals surface area contributed by atoms with Gasteiger partial charge >= 0.3 is 0 Å². The van der Waals surface area contributed by atoms with E-state index in [0.29, 0.717) is 11.3 Å². The fraction of sp³-hybridized carbons (Fsp3) is 0.562. The van der Waals surface area contributed by atoms with Crippen molar-refractivity contribution in [3.63, 3.8) is 0 Å². The number of hydrogen-bond acceptors (Lipinski definition) is 2. The molecule has 0 saturated heterocycles. The summed E-state index contributed by atoms with van der Waals surface area (Å²) in [6.45, 7) is 10.2. The maximum Gasteiger partial charge on any atom is 0.112 e. The molecule has 3 rings (SSSR count). The average Bonchev–Trinajstić information content (AvgIpc) is 2.77. The lowest BCUT2D eigenvalue weighted by Crippen LogP contribution is -2.09. The topological polar surface area (TPSA) is 43.8 Å². The van der Waals surface area contributed by atoms with Gasteiger partial charge in [0.2, 0.25) is 0 Å². The van der Waals surface area contributed by atoms with Crippen molar-refractivity contribution in [2.24, 2.45) is 11.3 Å². The van der Waals surface area contributed by atoms with E-state index in [1.165, 1.54) is 17.8 Å². The van der Waals surface area contributed by atoms with Gasteiger partial charge in [0.15, 0.2) is 0 Å². The molecule has 1 aliphatic carbocycles. The van der Waals surface area contributed by atoms with Crippen LogP contribution in [0.2, 0.25) is 0 Å². The number of nitrogen functional groups attached to an aromatic ring is 1. The first-order valence-electron chi connectivity index (χ1n) is 7.14. The van der Waals surface area contributed by atoms with E-state index in [1.807, 2.05) is 12.1 Å². The van der Waals surface area contributed by atoms with Crippen molar-refractivity contribution in [1.29, 1.82) is 0 Å². The van der Waals surface area contributed by atoms with Crippen LogP contribution in [-0.4, -0.2) is 9.55 Å². The van der Waals surface area contributed by atoms with Crippen LogP contribution in [0.1, 0.15) is 45.9 Å². The molecule has 0 amide bonds. The van der Waals surface area contributed by atoms with Crippen molar-refractivity contribution < 1.29 is 0 Å². The summed E-state index contributed by atoms with van der Waals surface area (Å²) in [5, 5.41) is 0. The highest BCUT2D eigenvalue weighted by Gasteiger charge is 2.45. The van der Waals surface area contributed by atoms with Crippen LogP contribution in [0.4, 0.5) is 5.69 Å². The molecule has 0 bridgehead atoms. The summed E-state index contributed by atoms with van der Waals surface area (Å²) in [5.74, 6) is 2.40. The van der Waals surface area contributed by atoms with Gasteiger partial charge in [0, 0.05) is 18.2 Å². The lowest BCUT2D eigenvalue weighted by molar-refractivity contribution is 0.490. The molecule has 1 aromatic carbocycles. The molecule has 0 spiro atoms. The van der Waals surface area contributed by atoms with Gasteiger partial charge < -0.3 is 10.3 Å². The molecule has 2 N–H and O–H groups in total. The van der Waals surface area contributed by atoms with Gasteiger partial charge in [-0.2, -0.15) is 0 Å². The van der Waals surface area contributed by atoms with E-state index in [0.717, 1.165) is 23.7 Å².